The van der Waals surface area contributed by atoms with Crippen LogP contribution in [0.15, 0.2) is 48.5 Å². The molecule has 7 heteroatoms. The minimum absolute atomic E-state index is 0.0332. The van der Waals surface area contributed by atoms with Crippen molar-refractivity contribution in [2.45, 2.75) is 25.9 Å². The fraction of sp³-hybridized carbons (Fsp3) is 0.318. The Morgan fingerprint density at radius 3 is 2.52 bits per heavy atom. The summed E-state index contributed by atoms with van der Waals surface area (Å²) in [4.78, 5) is 38.7. The number of ether oxygens (including phenoxy) is 2. The van der Waals surface area contributed by atoms with Crippen LogP contribution in [0.5, 0.6) is 5.75 Å². The highest BCUT2D eigenvalue weighted by Crippen LogP contribution is 2.34. The zero-order chi connectivity index (χ0) is 20.8. The molecular formula is C22H24N2O5. The van der Waals surface area contributed by atoms with Crippen LogP contribution >= 0.6 is 0 Å². The SMILES string of the molecule is CCOC(=O)CNC(=O)C[C@@H](c1ccc(OC)cc1)N1Cc2ccccc2C1=O. The molecule has 0 fully saturated rings. The number of nitrogens with zero attached hydrogens (tertiary/aromatic N) is 1. The van der Waals surface area contributed by atoms with E-state index in [9.17, 15) is 14.4 Å². The average molecular weight is 396 g/mol. The second kappa shape index (κ2) is 9.23. The summed E-state index contributed by atoms with van der Waals surface area (Å²) in [6.07, 6.45) is 0.0332. The van der Waals surface area contributed by atoms with Gasteiger partial charge in [0.1, 0.15) is 12.3 Å². The number of fused-ring (bicyclic) bond motifs is 1. The summed E-state index contributed by atoms with van der Waals surface area (Å²) in [5.41, 5.74) is 2.40. The number of hydrogen-bond donors (Lipinski definition) is 1. The van der Waals surface area contributed by atoms with Gasteiger partial charge in [-0.2, -0.15) is 0 Å². The topological polar surface area (TPSA) is 84.9 Å². The third-order valence-electron chi connectivity index (χ3n) is 4.84. The number of carbonyl (C=O) groups is 3. The summed E-state index contributed by atoms with van der Waals surface area (Å²) in [5, 5.41) is 2.57. The Labute approximate surface area is 169 Å². The lowest BCUT2D eigenvalue weighted by Gasteiger charge is -2.28. The molecule has 7 nitrogen and oxygen atoms in total. The van der Waals surface area contributed by atoms with Gasteiger partial charge >= 0.3 is 5.97 Å². The molecule has 3 rings (SSSR count). The van der Waals surface area contributed by atoms with E-state index < -0.39 is 12.0 Å². The standard InChI is InChI=1S/C22H24N2O5/c1-3-29-21(26)13-23-20(25)12-19(15-8-10-17(28-2)11-9-15)24-14-16-6-4-5-7-18(16)22(24)27/h4-11,19H,3,12-14H2,1-2H3,(H,23,25)/t19-/m0/s1. The van der Waals surface area contributed by atoms with Crippen molar-refractivity contribution in [3.8, 4) is 5.75 Å². The molecule has 1 aliphatic rings. The Morgan fingerprint density at radius 1 is 1.14 bits per heavy atom. The Morgan fingerprint density at radius 2 is 1.86 bits per heavy atom. The van der Waals surface area contributed by atoms with Gasteiger partial charge < -0.3 is 19.7 Å². The van der Waals surface area contributed by atoms with E-state index in [1.54, 1.807) is 37.1 Å². The molecule has 0 saturated carbocycles. The van der Waals surface area contributed by atoms with Crippen molar-refractivity contribution < 1.29 is 23.9 Å². The molecule has 0 spiro atoms. The maximum atomic E-state index is 13.0. The lowest BCUT2D eigenvalue weighted by molar-refractivity contribution is -0.143. The highest BCUT2D eigenvalue weighted by molar-refractivity contribution is 5.99. The molecule has 1 heterocycles. The van der Waals surface area contributed by atoms with Gasteiger partial charge in [-0.15, -0.1) is 0 Å². The first-order valence-corrected chi connectivity index (χ1v) is 9.48. The van der Waals surface area contributed by atoms with Crippen LogP contribution in [0.3, 0.4) is 0 Å². The summed E-state index contributed by atoms with van der Waals surface area (Å²) in [7, 11) is 1.58. The van der Waals surface area contributed by atoms with Crippen LogP contribution in [-0.2, 0) is 20.9 Å². The highest BCUT2D eigenvalue weighted by atomic mass is 16.5. The molecule has 0 radical (unpaired) electrons. The number of nitrogens with one attached hydrogen (secondary N) is 1. The summed E-state index contributed by atoms with van der Waals surface area (Å²) < 4.78 is 10.0. The van der Waals surface area contributed by atoms with Crippen LogP contribution < -0.4 is 10.1 Å². The number of esters is 1. The molecule has 2 aromatic carbocycles. The van der Waals surface area contributed by atoms with Gasteiger partial charge in [0.25, 0.3) is 5.91 Å². The van der Waals surface area contributed by atoms with Crippen molar-refractivity contribution in [1.29, 1.82) is 0 Å². The summed E-state index contributed by atoms with van der Waals surface area (Å²) in [6.45, 7) is 2.19. The predicted octanol–water partition coefficient (Wildman–Crippen LogP) is 2.46. The lowest BCUT2D eigenvalue weighted by Crippen LogP contribution is -2.36. The molecule has 2 aromatic rings. The van der Waals surface area contributed by atoms with Crippen LogP contribution in [0.1, 0.15) is 40.9 Å². The van der Waals surface area contributed by atoms with E-state index in [0.29, 0.717) is 17.9 Å². The molecule has 1 atom stereocenters. The molecule has 2 amide bonds. The normalized spacial score (nSPS) is 13.6. The Balaban J connectivity index is 1.80. The minimum atomic E-state index is -0.494. The summed E-state index contributed by atoms with van der Waals surface area (Å²) in [6, 6.07) is 14.3. The van der Waals surface area contributed by atoms with Gasteiger partial charge in [-0.25, -0.2) is 0 Å². The van der Waals surface area contributed by atoms with E-state index >= 15 is 0 Å². The largest absolute Gasteiger partial charge is 0.497 e. The van der Waals surface area contributed by atoms with Crippen molar-refractivity contribution in [3.05, 3.63) is 65.2 Å². The van der Waals surface area contributed by atoms with E-state index in [4.69, 9.17) is 9.47 Å². The first-order valence-electron chi connectivity index (χ1n) is 9.48. The number of amides is 2. The third-order valence-corrected chi connectivity index (χ3v) is 4.84. The quantitative estimate of drug-likeness (QED) is 0.693. The molecule has 0 saturated heterocycles. The maximum Gasteiger partial charge on any atom is 0.325 e. The zero-order valence-electron chi connectivity index (χ0n) is 16.5. The lowest BCUT2D eigenvalue weighted by atomic mass is 10.0. The zero-order valence-corrected chi connectivity index (χ0v) is 16.5. The van der Waals surface area contributed by atoms with E-state index in [1.165, 1.54) is 0 Å². The van der Waals surface area contributed by atoms with Crippen LogP contribution in [0.25, 0.3) is 0 Å². The van der Waals surface area contributed by atoms with Crippen molar-refractivity contribution in [3.63, 3.8) is 0 Å². The Hall–Kier alpha value is -3.35. The van der Waals surface area contributed by atoms with Gasteiger partial charge in [-0.3, -0.25) is 14.4 Å². The first kappa shape index (κ1) is 20.4. The number of carbonyl (C=O) groups excluding carboxylic acids is 3. The monoisotopic (exact) mass is 396 g/mol. The van der Waals surface area contributed by atoms with Crippen LogP contribution in [-0.4, -0.2) is 42.9 Å². The number of methoxy groups -OCH3 is 1. The minimum Gasteiger partial charge on any atom is -0.497 e. The Bertz CT molecular complexity index is 894. The highest BCUT2D eigenvalue weighted by Gasteiger charge is 2.34. The first-order chi connectivity index (χ1) is 14.0. The second-order valence-corrected chi connectivity index (χ2v) is 6.67. The van der Waals surface area contributed by atoms with Gasteiger partial charge in [0, 0.05) is 12.1 Å². The molecular weight excluding hydrogens is 372 g/mol. The van der Waals surface area contributed by atoms with Gasteiger partial charge in [-0.1, -0.05) is 30.3 Å². The van der Waals surface area contributed by atoms with E-state index in [2.05, 4.69) is 5.32 Å². The third kappa shape index (κ3) is 4.74. The molecule has 152 valence electrons. The molecule has 1 aliphatic heterocycles. The predicted molar refractivity (Wildman–Crippen MR) is 106 cm³/mol. The van der Waals surface area contributed by atoms with Crippen molar-refractivity contribution in [2.75, 3.05) is 20.3 Å². The van der Waals surface area contributed by atoms with Crippen molar-refractivity contribution in [1.82, 2.24) is 10.2 Å². The van der Waals surface area contributed by atoms with E-state index in [-0.39, 0.29) is 31.4 Å². The molecule has 0 aromatic heterocycles. The second-order valence-electron chi connectivity index (χ2n) is 6.67. The average Bonchev–Trinajstić information content (AvgIpc) is 3.07. The van der Waals surface area contributed by atoms with Gasteiger partial charge in [0.2, 0.25) is 5.91 Å². The fourth-order valence-electron chi connectivity index (χ4n) is 3.39. The molecule has 1 N–H and O–H groups in total. The maximum absolute atomic E-state index is 13.0. The van der Waals surface area contributed by atoms with Gasteiger partial charge in [0.05, 0.1) is 26.2 Å². The smallest absolute Gasteiger partial charge is 0.325 e. The van der Waals surface area contributed by atoms with Crippen LogP contribution in [0.4, 0.5) is 0 Å². The summed E-state index contributed by atoms with van der Waals surface area (Å²) >= 11 is 0. The van der Waals surface area contributed by atoms with E-state index in [0.717, 1.165) is 11.1 Å². The number of benzene rings is 2. The van der Waals surface area contributed by atoms with Crippen molar-refractivity contribution in [2.24, 2.45) is 0 Å². The van der Waals surface area contributed by atoms with Gasteiger partial charge in [0.15, 0.2) is 0 Å². The number of hydrogen-bond acceptors (Lipinski definition) is 5. The molecule has 0 aliphatic carbocycles. The number of rotatable bonds is 8. The van der Waals surface area contributed by atoms with Gasteiger partial charge in [-0.05, 0) is 36.2 Å². The van der Waals surface area contributed by atoms with Crippen LogP contribution in [0, 0.1) is 0 Å². The molecule has 0 unspecified atom stereocenters. The van der Waals surface area contributed by atoms with E-state index in [1.807, 2.05) is 30.3 Å². The fourth-order valence-corrected chi connectivity index (χ4v) is 3.39. The Kier molecular flexibility index (Phi) is 6.49. The summed E-state index contributed by atoms with van der Waals surface area (Å²) in [5.74, 6) is -0.246. The van der Waals surface area contributed by atoms with Crippen molar-refractivity contribution >= 4 is 17.8 Å². The van der Waals surface area contributed by atoms with Crippen LogP contribution in [0.2, 0.25) is 0 Å². The molecule has 29 heavy (non-hydrogen) atoms. The molecule has 0 bridgehead atoms.